The van der Waals surface area contributed by atoms with Crippen LogP contribution in [0.3, 0.4) is 0 Å². The summed E-state index contributed by atoms with van der Waals surface area (Å²) in [7, 11) is 2.44. The SMILES string of the molecule is COC(=O)c1c(Cl)c(C(=O)C(=O)N[C@H](C)C(F)(F)F)c(Br)n1C. The summed E-state index contributed by atoms with van der Waals surface area (Å²) in [5, 5.41) is 1.13. The average molecular weight is 420 g/mol. The molecule has 1 atom stereocenters. The Morgan fingerprint density at radius 2 is 1.87 bits per heavy atom. The van der Waals surface area contributed by atoms with Gasteiger partial charge in [-0.05, 0) is 22.9 Å². The number of carbonyl (C=O) groups is 3. The first-order valence-electron chi connectivity index (χ1n) is 5.97. The summed E-state index contributed by atoms with van der Waals surface area (Å²) in [5.74, 6) is -3.69. The highest BCUT2D eigenvalue weighted by molar-refractivity contribution is 9.10. The van der Waals surface area contributed by atoms with Crippen LogP contribution in [0.15, 0.2) is 4.60 Å². The standard InChI is InChI=1S/C12H11BrClF3N2O4/c1-4(12(15,16)17)18-10(21)8(20)5-6(14)7(11(22)23-3)19(2)9(5)13/h4H,1-3H3,(H,18,21)/t4-/m1/s1. The third kappa shape index (κ3) is 3.86. The number of Topliss-reactive ketones (excluding diaryl/α,β-unsaturated/α-hetero) is 1. The van der Waals surface area contributed by atoms with Crippen molar-refractivity contribution in [3.05, 3.63) is 20.9 Å². The van der Waals surface area contributed by atoms with E-state index in [1.54, 1.807) is 0 Å². The maximum absolute atomic E-state index is 12.4. The number of carbonyl (C=O) groups excluding carboxylic acids is 3. The van der Waals surface area contributed by atoms with Crippen LogP contribution in [0.4, 0.5) is 13.2 Å². The molecule has 0 aliphatic heterocycles. The van der Waals surface area contributed by atoms with Gasteiger partial charge in [-0.25, -0.2) is 4.79 Å². The van der Waals surface area contributed by atoms with Crippen molar-refractivity contribution in [2.75, 3.05) is 7.11 Å². The lowest BCUT2D eigenvalue weighted by molar-refractivity contribution is -0.156. The molecule has 0 fully saturated rings. The normalized spacial score (nSPS) is 12.7. The van der Waals surface area contributed by atoms with E-state index in [-0.39, 0.29) is 10.3 Å². The quantitative estimate of drug-likeness (QED) is 0.462. The predicted molar refractivity (Wildman–Crippen MR) is 77.5 cm³/mol. The molecule has 0 spiro atoms. The molecule has 0 aliphatic rings. The van der Waals surface area contributed by atoms with E-state index in [0.717, 1.165) is 11.7 Å². The van der Waals surface area contributed by atoms with Crippen LogP contribution in [-0.2, 0) is 16.6 Å². The molecule has 1 heterocycles. The number of ketones is 1. The van der Waals surface area contributed by atoms with Crippen LogP contribution < -0.4 is 5.32 Å². The molecule has 23 heavy (non-hydrogen) atoms. The summed E-state index contributed by atoms with van der Waals surface area (Å²) in [6.45, 7) is 0.687. The van der Waals surface area contributed by atoms with Crippen molar-refractivity contribution in [2.45, 2.75) is 19.1 Å². The molecule has 0 bridgehead atoms. The molecule has 1 aromatic rings. The van der Waals surface area contributed by atoms with Gasteiger partial charge in [-0.15, -0.1) is 0 Å². The van der Waals surface area contributed by atoms with Crippen molar-refractivity contribution in [2.24, 2.45) is 7.05 Å². The summed E-state index contributed by atoms with van der Waals surface area (Å²) >= 11 is 8.87. The summed E-state index contributed by atoms with van der Waals surface area (Å²) in [4.78, 5) is 35.4. The number of esters is 1. The first-order chi connectivity index (χ1) is 10.4. The minimum Gasteiger partial charge on any atom is -0.464 e. The lowest BCUT2D eigenvalue weighted by Gasteiger charge is -2.16. The van der Waals surface area contributed by atoms with Crippen molar-refractivity contribution in [3.8, 4) is 0 Å². The fourth-order valence-corrected chi connectivity index (χ4v) is 2.65. The number of ether oxygens (including phenoxy) is 1. The summed E-state index contributed by atoms with van der Waals surface area (Å²) in [6, 6.07) is -2.22. The highest BCUT2D eigenvalue weighted by Gasteiger charge is 2.39. The van der Waals surface area contributed by atoms with Gasteiger partial charge in [-0.2, -0.15) is 13.2 Å². The van der Waals surface area contributed by atoms with Crippen molar-refractivity contribution in [1.29, 1.82) is 0 Å². The van der Waals surface area contributed by atoms with E-state index in [1.807, 2.05) is 0 Å². The molecule has 1 amide bonds. The summed E-state index contributed by atoms with van der Waals surface area (Å²) < 4.78 is 42.9. The zero-order valence-corrected chi connectivity index (χ0v) is 14.4. The van der Waals surface area contributed by atoms with E-state index in [4.69, 9.17) is 11.6 Å². The van der Waals surface area contributed by atoms with Gasteiger partial charge in [-0.1, -0.05) is 11.6 Å². The Labute approximate surface area is 142 Å². The second-order valence-corrected chi connectivity index (χ2v) is 5.57. The van der Waals surface area contributed by atoms with Gasteiger partial charge in [0.15, 0.2) is 0 Å². The Bertz CT molecular complexity index is 672. The fraction of sp³-hybridized carbons (Fsp3) is 0.417. The number of methoxy groups -OCH3 is 1. The molecular weight excluding hydrogens is 408 g/mol. The van der Waals surface area contributed by atoms with Crippen LogP contribution in [0.5, 0.6) is 0 Å². The first kappa shape index (κ1) is 19.5. The van der Waals surface area contributed by atoms with E-state index < -0.39 is 40.5 Å². The first-order valence-corrected chi connectivity index (χ1v) is 7.14. The minimum atomic E-state index is -4.70. The predicted octanol–water partition coefficient (Wildman–Crippen LogP) is 2.48. The van der Waals surface area contributed by atoms with Crippen LogP contribution in [0, 0.1) is 0 Å². The van der Waals surface area contributed by atoms with E-state index in [1.165, 1.54) is 12.4 Å². The smallest absolute Gasteiger partial charge is 0.408 e. The monoisotopic (exact) mass is 418 g/mol. The van der Waals surface area contributed by atoms with E-state index >= 15 is 0 Å². The zero-order valence-electron chi connectivity index (χ0n) is 12.0. The number of halogens is 5. The van der Waals surface area contributed by atoms with Gasteiger partial charge < -0.3 is 14.6 Å². The average Bonchev–Trinajstić information content (AvgIpc) is 2.66. The molecule has 0 aliphatic carbocycles. The third-order valence-corrected chi connectivity index (χ3v) is 4.21. The topological polar surface area (TPSA) is 77.4 Å². The highest BCUT2D eigenvalue weighted by Crippen LogP contribution is 2.32. The largest absolute Gasteiger partial charge is 0.464 e. The molecular formula is C12H11BrClF3N2O4. The molecule has 0 saturated carbocycles. The van der Waals surface area contributed by atoms with Crippen LogP contribution >= 0.6 is 27.5 Å². The van der Waals surface area contributed by atoms with E-state index in [2.05, 4.69) is 20.7 Å². The number of nitrogens with one attached hydrogen (secondary N) is 1. The molecule has 0 radical (unpaired) electrons. The Balaban J connectivity index is 3.20. The number of aromatic nitrogens is 1. The number of alkyl halides is 3. The Morgan fingerprint density at radius 3 is 2.30 bits per heavy atom. The summed E-state index contributed by atoms with van der Waals surface area (Å²) in [6.07, 6.45) is -4.70. The van der Waals surface area contributed by atoms with Gasteiger partial charge in [-0.3, -0.25) is 9.59 Å². The van der Waals surface area contributed by atoms with Crippen LogP contribution in [-0.4, -0.2) is 41.6 Å². The maximum atomic E-state index is 12.4. The van der Waals surface area contributed by atoms with Crippen molar-refractivity contribution >= 4 is 45.2 Å². The lowest BCUT2D eigenvalue weighted by Crippen LogP contribution is -2.45. The van der Waals surface area contributed by atoms with Crippen LogP contribution in [0.2, 0.25) is 5.02 Å². The Kier molecular flexibility index (Phi) is 5.86. The Hall–Kier alpha value is -1.55. The van der Waals surface area contributed by atoms with Gasteiger partial charge >= 0.3 is 12.1 Å². The highest BCUT2D eigenvalue weighted by atomic mass is 79.9. The molecule has 128 valence electrons. The van der Waals surface area contributed by atoms with Crippen molar-refractivity contribution in [1.82, 2.24) is 9.88 Å². The maximum Gasteiger partial charge on any atom is 0.408 e. The minimum absolute atomic E-state index is 0.0392. The van der Waals surface area contributed by atoms with Gasteiger partial charge in [0.1, 0.15) is 11.7 Å². The number of rotatable bonds is 4. The van der Waals surface area contributed by atoms with Crippen LogP contribution in [0.25, 0.3) is 0 Å². The number of nitrogens with zero attached hydrogens (tertiary/aromatic N) is 1. The second kappa shape index (κ2) is 6.91. The molecule has 6 nitrogen and oxygen atoms in total. The Morgan fingerprint density at radius 1 is 1.35 bits per heavy atom. The number of hydrogen-bond donors (Lipinski definition) is 1. The number of hydrogen-bond acceptors (Lipinski definition) is 4. The van der Waals surface area contributed by atoms with Crippen molar-refractivity contribution < 1.29 is 32.3 Å². The number of amides is 1. The molecule has 1 aromatic heterocycles. The third-order valence-electron chi connectivity index (χ3n) is 2.91. The van der Waals surface area contributed by atoms with Gasteiger partial charge in [0.2, 0.25) is 0 Å². The molecule has 0 unspecified atom stereocenters. The van der Waals surface area contributed by atoms with E-state index in [0.29, 0.717) is 6.92 Å². The zero-order chi connectivity index (χ0) is 18.1. The van der Waals surface area contributed by atoms with Gasteiger partial charge in [0.25, 0.3) is 11.7 Å². The molecule has 1 rings (SSSR count). The summed E-state index contributed by atoms with van der Waals surface area (Å²) in [5.41, 5.74) is -0.650. The van der Waals surface area contributed by atoms with Crippen LogP contribution in [0.1, 0.15) is 27.8 Å². The lowest BCUT2D eigenvalue weighted by atomic mass is 10.2. The van der Waals surface area contributed by atoms with Gasteiger partial charge in [0.05, 0.1) is 22.3 Å². The molecule has 1 N–H and O–H groups in total. The van der Waals surface area contributed by atoms with Gasteiger partial charge in [0, 0.05) is 7.05 Å². The molecule has 0 saturated heterocycles. The van der Waals surface area contributed by atoms with Crippen molar-refractivity contribution in [3.63, 3.8) is 0 Å². The molecule has 0 aromatic carbocycles. The molecule has 11 heteroatoms. The van der Waals surface area contributed by atoms with E-state index in [9.17, 15) is 27.6 Å². The fourth-order valence-electron chi connectivity index (χ4n) is 1.60. The second-order valence-electron chi connectivity index (χ2n) is 4.44.